The highest BCUT2D eigenvalue weighted by molar-refractivity contribution is 5.75. The molecule has 0 bridgehead atoms. The second-order valence-corrected chi connectivity index (χ2v) is 12.8. The fourth-order valence-corrected chi connectivity index (χ4v) is 4.43. The highest BCUT2D eigenvalue weighted by Gasteiger charge is 2.31. The van der Waals surface area contributed by atoms with Crippen molar-refractivity contribution in [3.8, 4) is 0 Å². The standard InChI is InChI=1S/C25H52N2O7/c1-16(11-23(2,3)4)18(29)10-19(30)17(13-34-14-21(32)20(31)12-28)26-22(33)27-25(8,9)15-24(5,6)7/h16-21,28-32H,10-15H2,1-9H3,(H2,26,27,33). The van der Waals surface area contributed by atoms with Gasteiger partial charge in [0, 0.05) is 12.0 Å². The second kappa shape index (κ2) is 13.9. The Morgan fingerprint density at radius 3 is 1.85 bits per heavy atom. The summed E-state index contributed by atoms with van der Waals surface area (Å²) >= 11 is 0. The van der Waals surface area contributed by atoms with Gasteiger partial charge >= 0.3 is 6.03 Å². The summed E-state index contributed by atoms with van der Waals surface area (Å²) in [7, 11) is 0. The Balaban J connectivity index is 5.24. The summed E-state index contributed by atoms with van der Waals surface area (Å²) in [5.74, 6) is -0.0581. The number of carbonyl (C=O) groups excluding carboxylic acids is 1. The summed E-state index contributed by atoms with van der Waals surface area (Å²) < 4.78 is 5.43. The van der Waals surface area contributed by atoms with Crippen LogP contribution in [0.2, 0.25) is 0 Å². The van der Waals surface area contributed by atoms with E-state index in [2.05, 4.69) is 52.2 Å². The lowest BCUT2D eigenvalue weighted by Gasteiger charge is -2.35. The molecule has 2 amide bonds. The molecule has 0 radical (unpaired) electrons. The van der Waals surface area contributed by atoms with Crippen LogP contribution in [-0.4, -0.2) is 87.4 Å². The summed E-state index contributed by atoms with van der Waals surface area (Å²) in [6.45, 7) is 17.2. The van der Waals surface area contributed by atoms with Gasteiger partial charge in [-0.05, 0) is 43.4 Å². The fourth-order valence-electron chi connectivity index (χ4n) is 4.43. The number of nitrogens with one attached hydrogen (secondary N) is 2. The van der Waals surface area contributed by atoms with Crippen LogP contribution >= 0.6 is 0 Å². The number of ether oxygens (including phenoxy) is 1. The van der Waals surface area contributed by atoms with E-state index >= 15 is 0 Å². The molecular formula is C25H52N2O7. The van der Waals surface area contributed by atoms with Gasteiger partial charge in [-0.25, -0.2) is 4.79 Å². The Morgan fingerprint density at radius 1 is 0.824 bits per heavy atom. The zero-order chi connectivity index (χ0) is 26.9. The minimum absolute atomic E-state index is 0.00418. The maximum absolute atomic E-state index is 12.7. The van der Waals surface area contributed by atoms with Crippen molar-refractivity contribution in [3.63, 3.8) is 0 Å². The molecule has 0 aromatic rings. The van der Waals surface area contributed by atoms with E-state index in [1.807, 2.05) is 20.8 Å². The van der Waals surface area contributed by atoms with E-state index in [0.29, 0.717) is 0 Å². The molecule has 0 aliphatic heterocycles. The SMILES string of the molecule is CC(CC(C)(C)C)C(O)CC(O)C(COCC(O)C(O)CO)NC(=O)NC(C)(C)CC(C)(C)C. The summed E-state index contributed by atoms with van der Waals surface area (Å²) in [5, 5.41) is 55.4. The molecule has 0 fully saturated rings. The lowest BCUT2D eigenvalue weighted by molar-refractivity contribution is -0.0662. The third-order valence-electron chi connectivity index (χ3n) is 5.50. The van der Waals surface area contributed by atoms with Gasteiger partial charge < -0.3 is 40.9 Å². The number of aliphatic hydroxyl groups excluding tert-OH is 5. The van der Waals surface area contributed by atoms with Crippen molar-refractivity contribution in [2.75, 3.05) is 19.8 Å². The number of hydrogen-bond donors (Lipinski definition) is 7. The molecule has 0 spiro atoms. The van der Waals surface area contributed by atoms with Crippen molar-refractivity contribution in [1.29, 1.82) is 0 Å². The average Bonchev–Trinajstić information content (AvgIpc) is 2.62. The van der Waals surface area contributed by atoms with Crippen molar-refractivity contribution >= 4 is 6.03 Å². The van der Waals surface area contributed by atoms with Crippen molar-refractivity contribution < 1.29 is 35.1 Å². The van der Waals surface area contributed by atoms with E-state index in [0.717, 1.165) is 12.8 Å². The molecule has 0 saturated carbocycles. The van der Waals surface area contributed by atoms with Gasteiger partial charge in [0.2, 0.25) is 0 Å². The first-order chi connectivity index (χ1) is 15.3. The minimum Gasteiger partial charge on any atom is -0.394 e. The Labute approximate surface area is 206 Å². The summed E-state index contributed by atoms with van der Waals surface area (Å²) in [6, 6.07) is -1.34. The lowest BCUT2D eigenvalue weighted by Crippen LogP contribution is -2.56. The Bertz CT molecular complexity index is 587. The number of hydrogen-bond acceptors (Lipinski definition) is 7. The van der Waals surface area contributed by atoms with E-state index in [4.69, 9.17) is 9.84 Å². The molecule has 0 rings (SSSR count). The van der Waals surface area contributed by atoms with Gasteiger partial charge in [-0.1, -0.05) is 48.5 Å². The van der Waals surface area contributed by atoms with Crippen LogP contribution in [0.1, 0.15) is 81.6 Å². The van der Waals surface area contributed by atoms with Gasteiger partial charge in [-0.2, -0.15) is 0 Å². The fraction of sp³-hybridized carbons (Fsp3) is 0.960. The van der Waals surface area contributed by atoms with Crippen LogP contribution in [0, 0.1) is 16.7 Å². The highest BCUT2D eigenvalue weighted by Crippen LogP contribution is 2.28. The third kappa shape index (κ3) is 15.1. The third-order valence-corrected chi connectivity index (χ3v) is 5.50. The first kappa shape index (κ1) is 33.0. The molecule has 34 heavy (non-hydrogen) atoms. The zero-order valence-electron chi connectivity index (χ0n) is 22.8. The van der Waals surface area contributed by atoms with Crippen LogP contribution in [0.5, 0.6) is 0 Å². The molecule has 7 N–H and O–H groups in total. The molecule has 6 atom stereocenters. The van der Waals surface area contributed by atoms with Crippen LogP contribution < -0.4 is 10.6 Å². The van der Waals surface area contributed by atoms with Crippen molar-refractivity contribution in [3.05, 3.63) is 0 Å². The number of amides is 2. The molecule has 0 heterocycles. The molecule has 0 aliphatic carbocycles. The first-order valence-electron chi connectivity index (χ1n) is 12.3. The van der Waals surface area contributed by atoms with Crippen molar-refractivity contribution in [2.45, 2.75) is 118 Å². The van der Waals surface area contributed by atoms with Gasteiger partial charge in [-0.15, -0.1) is 0 Å². The van der Waals surface area contributed by atoms with E-state index in [1.54, 1.807) is 0 Å². The maximum atomic E-state index is 12.7. The van der Waals surface area contributed by atoms with E-state index in [1.165, 1.54) is 0 Å². The number of urea groups is 1. The van der Waals surface area contributed by atoms with Crippen LogP contribution in [0.15, 0.2) is 0 Å². The molecule has 6 unspecified atom stereocenters. The Morgan fingerprint density at radius 2 is 1.38 bits per heavy atom. The highest BCUT2D eigenvalue weighted by atomic mass is 16.5. The van der Waals surface area contributed by atoms with Gasteiger partial charge in [0.05, 0.1) is 38.1 Å². The van der Waals surface area contributed by atoms with Crippen LogP contribution in [-0.2, 0) is 4.74 Å². The molecule has 0 aromatic heterocycles. The van der Waals surface area contributed by atoms with Crippen LogP contribution in [0.4, 0.5) is 4.79 Å². The van der Waals surface area contributed by atoms with E-state index < -0.39 is 48.6 Å². The largest absolute Gasteiger partial charge is 0.394 e. The zero-order valence-corrected chi connectivity index (χ0v) is 22.8. The lowest BCUT2D eigenvalue weighted by atomic mass is 9.81. The molecule has 9 nitrogen and oxygen atoms in total. The smallest absolute Gasteiger partial charge is 0.315 e. The molecule has 204 valence electrons. The van der Waals surface area contributed by atoms with Gasteiger partial charge in [0.15, 0.2) is 0 Å². The predicted molar refractivity (Wildman–Crippen MR) is 133 cm³/mol. The average molecular weight is 493 g/mol. The van der Waals surface area contributed by atoms with Crippen molar-refractivity contribution in [1.82, 2.24) is 10.6 Å². The molecule has 0 aromatic carbocycles. The predicted octanol–water partition coefficient (Wildman–Crippen LogP) is 1.78. The minimum atomic E-state index is -1.35. The Hall–Kier alpha value is -0.970. The van der Waals surface area contributed by atoms with Gasteiger partial charge in [0.1, 0.15) is 12.2 Å². The van der Waals surface area contributed by atoms with Crippen molar-refractivity contribution in [2.24, 2.45) is 16.7 Å². The van der Waals surface area contributed by atoms with Crippen LogP contribution in [0.25, 0.3) is 0 Å². The quantitative estimate of drug-likeness (QED) is 0.195. The summed E-state index contributed by atoms with van der Waals surface area (Å²) in [6.07, 6.45) is -3.00. The number of rotatable bonds is 14. The first-order valence-corrected chi connectivity index (χ1v) is 12.3. The normalized spacial score (nSPS) is 18.5. The number of aliphatic hydroxyl groups is 5. The molecule has 0 saturated heterocycles. The van der Waals surface area contributed by atoms with Crippen LogP contribution in [0.3, 0.4) is 0 Å². The summed E-state index contributed by atoms with van der Waals surface area (Å²) in [5.41, 5.74) is -0.481. The summed E-state index contributed by atoms with van der Waals surface area (Å²) in [4.78, 5) is 12.7. The molecular weight excluding hydrogens is 440 g/mol. The van der Waals surface area contributed by atoms with Gasteiger partial charge in [0.25, 0.3) is 0 Å². The van der Waals surface area contributed by atoms with Gasteiger partial charge in [-0.3, -0.25) is 0 Å². The number of carbonyl (C=O) groups is 1. The van der Waals surface area contributed by atoms with E-state index in [9.17, 15) is 25.2 Å². The maximum Gasteiger partial charge on any atom is 0.315 e. The topological polar surface area (TPSA) is 152 Å². The molecule has 0 aliphatic rings. The molecule has 9 heteroatoms. The second-order valence-electron chi connectivity index (χ2n) is 12.8. The van der Waals surface area contributed by atoms with E-state index in [-0.39, 0.29) is 36.4 Å². The monoisotopic (exact) mass is 492 g/mol. The Kier molecular flexibility index (Phi) is 13.5.